The predicted octanol–water partition coefficient (Wildman–Crippen LogP) is 3.01. The minimum absolute atomic E-state index is 0.0539. The van der Waals surface area contributed by atoms with Gasteiger partial charge in [0.25, 0.3) is 0 Å². The number of nitrogens with one attached hydrogen (secondary N) is 1. The van der Waals surface area contributed by atoms with Gasteiger partial charge in [-0.3, -0.25) is 4.79 Å². The molecule has 0 aliphatic rings. The molecule has 0 saturated carbocycles. The summed E-state index contributed by atoms with van der Waals surface area (Å²) in [6.45, 7) is 2.82. The van der Waals surface area contributed by atoms with Crippen molar-refractivity contribution in [1.29, 1.82) is 0 Å². The van der Waals surface area contributed by atoms with Crippen molar-refractivity contribution in [3.8, 4) is 5.75 Å². The summed E-state index contributed by atoms with van der Waals surface area (Å²) in [6, 6.07) is 7.55. The van der Waals surface area contributed by atoms with E-state index in [4.69, 9.17) is 16.3 Å². The van der Waals surface area contributed by atoms with Gasteiger partial charge in [0, 0.05) is 12.4 Å². The molecule has 0 saturated heterocycles. The van der Waals surface area contributed by atoms with Crippen LogP contribution in [-0.4, -0.2) is 25.4 Å². The van der Waals surface area contributed by atoms with E-state index in [-0.39, 0.29) is 5.91 Å². The van der Waals surface area contributed by atoms with Gasteiger partial charge in [-0.25, -0.2) is 0 Å². The van der Waals surface area contributed by atoms with Crippen LogP contribution in [0.3, 0.4) is 0 Å². The number of alkyl halides is 1. The molecule has 3 nitrogen and oxygen atoms in total. The van der Waals surface area contributed by atoms with Gasteiger partial charge in [0.1, 0.15) is 5.75 Å². The number of hydrogen-bond acceptors (Lipinski definition) is 2. The van der Waals surface area contributed by atoms with Crippen LogP contribution in [0.5, 0.6) is 5.75 Å². The number of ether oxygens (including phenoxy) is 1. The SMILES string of the molecule is CCC(CCCl)CNC(=O)Cc1ccc(OC)cc1. The molecule has 4 heteroatoms. The summed E-state index contributed by atoms with van der Waals surface area (Å²) in [4.78, 5) is 11.8. The summed E-state index contributed by atoms with van der Waals surface area (Å²) >= 11 is 5.72. The first-order valence-corrected chi connectivity index (χ1v) is 7.18. The Morgan fingerprint density at radius 2 is 2.05 bits per heavy atom. The van der Waals surface area contributed by atoms with E-state index < -0.39 is 0 Å². The first-order valence-electron chi connectivity index (χ1n) is 6.65. The highest BCUT2D eigenvalue weighted by Gasteiger charge is 2.08. The molecule has 0 spiro atoms. The van der Waals surface area contributed by atoms with E-state index in [9.17, 15) is 4.79 Å². The molecule has 0 aliphatic carbocycles. The normalized spacial score (nSPS) is 11.9. The van der Waals surface area contributed by atoms with Crippen molar-refractivity contribution in [2.75, 3.05) is 19.5 Å². The fraction of sp³-hybridized carbons (Fsp3) is 0.533. The van der Waals surface area contributed by atoms with Gasteiger partial charge in [0.05, 0.1) is 13.5 Å². The smallest absolute Gasteiger partial charge is 0.224 e. The van der Waals surface area contributed by atoms with Crippen molar-refractivity contribution >= 4 is 17.5 Å². The molecule has 1 unspecified atom stereocenters. The third-order valence-corrected chi connectivity index (χ3v) is 3.42. The van der Waals surface area contributed by atoms with Gasteiger partial charge in [-0.15, -0.1) is 11.6 Å². The zero-order valence-corrected chi connectivity index (χ0v) is 12.4. The second-order valence-corrected chi connectivity index (χ2v) is 4.96. The lowest BCUT2D eigenvalue weighted by atomic mass is 10.0. The summed E-state index contributed by atoms with van der Waals surface area (Å²) in [5.41, 5.74) is 0.990. The van der Waals surface area contributed by atoms with E-state index in [0.29, 0.717) is 24.8 Å². The summed E-state index contributed by atoms with van der Waals surface area (Å²) < 4.78 is 5.08. The van der Waals surface area contributed by atoms with Gasteiger partial charge in [0.2, 0.25) is 5.91 Å². The highest BCUT2D eigenvalue weighted by atomic mass is 35.5. The second-order valence-electron chi connectivity index (χ2n) is 4.58. The molecule has 1 atom stereocenters. The summed E-state index contributed by atoms with van der Waals surface area (Å²) in [5, 5.41) is 2.97. The van der Waals surface area contributed by atoms with Crippen LogP contribution in [0.4, 0.5) is 0 Å². The minimum atomic E-state index is 0.0539. The first-order chi connectivity index (χ1) is 9.19. The van der Waals surface area contributed by atoms with Crippen LogP contribution in [0.15, 0.2) is 24.3 Å². The Kier molecular flexibility index (Phi) is 7.34. The topological polar surface area (TPSA) is 38.3 Å². The summed E-state index contributed by atoms with van der Waals surface area (Å²) in [5.74, 6) is 1.97. The zero-order chi connectivity index (χ0) is 14.1. The number of rotatable bonds is 8. The molecule has 0 fully saturated rings. The van der Waals surface area contributed by atoms with Gasteiger partial charge in [-0.1, -0.05) is 25.5 Å². The molecule has 0 radical (unpaired) electrons. The van der Waals surface area contributed by atoms with E-state index >= 15 is 0 Å². The van der Waals surface area contributed by atoms with Crippen molar-refractivity contribution in [3.05, 3.63) is 29.8 Å². The van der Waals surface area contributed by atoms with E-state index in [0.717, 1.165) is 24.2 Å². The van der Waals surface area contributed by atoms with E-state index in [1.54, 1.807) is 7.11 Å². The molecule has 1 aromatic rings. The third kappa shape index (κ3) is 5.97. The Morgan fingerprint density at radius 3 is 2.58 bits per heavy atom. The molecule has 19 heavy (non-hydrogen) atoms. The standard InChI is InChI=1S/C15H22ClNO2/c1-3-12(8-9-16)11-17-15(18)10-13-4-6-14(19-2)7-5-13/h4-7,12H,3,8-11H2,1-2H3,(H,17,18). The van der Waals surface area contributed by atoms with Gasteiger partial charge >= 0.3 is 0 Å². The molecule has 1 N–H and O–H groups in total. The van der Waals surface area contributed by atoms with Crippen LogP contribution < -0.4 is 10.1 Å². The molecule has 106 valence electrons. The van der Waals surface area contributed by atoms with Crippen LogP contribution in [-0.2, 0) is 11.2 Å². The highest BCUT2D eigenvalue weighted by Crippen LogP contribution is 2.12. The third-order valence-electron chi connectivity index (χ3n) is 3.21. The Morgan fingerprint density at radius 1 is 1.37 bits per heavy atom. The maximum atomic E-state index is 11.8. The maximum absolute atomic E-state index is 11.8. The van der Waals surface area contributed by atoms with Gasteiger partial charge in [-0.05, 0) is 30.0 Å². The average Bonchev–Trinajstić information content (AvgIpc) is 2.44. The number of methoxy groups -OCH3 is 1. The van der Waals surface area contributed by atoms with Crippen molar-refractivity contribution in [2.45, 2.75) is 26.2 Å². The molecular weight excluding hydrogens is 262 g/mol. The Hall–Kier alpha value is -1.22. The van der Waals surface area contributed by atoms with Crippen molar-refractivity contribution < 1.29 is 9.53 Å². The number of carbonyl (C=O) groups is 1. The van der Waals surface area contributed by atoms with Crippen LogP contribution >= 0.6 is 11.6 Å². The molecule has 0 aromatic heterocycles. The van der Waals surface area contributed by atoms with Crippen LogP contribution in [0.25, 0.3) is 0 Å². The highest BCUT2D eigenvalue weighted by molar-refractivity contribution is 6.17. The fourth-order valence-corrected chi connectivity index (χ4v) is 2.16. The molecule has 1 amide bonds. The summed E-state index contributed by atoms with van der Waals surface area (Å²) in [6.07, 6.45) is 2.39. The van der Waals surface area contributed by atoms with Gasteiger partial charge in [0.15, 0.2) is 0 Å². The zero-order valence-electron chi connectivity index (χ0n) is 11.6. The Labute approximate surface area is 120 Å². The number of carbonyl (C=O) groups excluding carboxylic acids is 1. The minimum Gasteiger partial charge on any atom is -0.497 e. The van der Waals surface area contributed by atoms with Gasteiger partial charge in [-0.2, -0.15) is 0 Å². The lowest BCUT2D eigenvalue weighted by Gasteiger charge is -2.14. The average molecular weight is 284 g/mol. The monoisotopic (exact) mass is 283 g/mol. The van der Waals surface area contributed by atoms with Gasteiger partial charge < -0.3 is 10.1 Å². The maximum Gasteiger partial charge on any atom is 0.224 e. The quantitative estimate of drug-likeness (QED) is 0.745. The molecule has 0 bridgehead atoms. The second kappa shape index (κ2) is 8.81. The number of hydrogen-bond donors (Lipinski definition) is 1. The predicted molar refractivity (Wildman–Crippen MR) is 78.8 cm³/mol. The lowest BCUT2D eigenvalue weighted by Crippen LogP contribution is -2.30. The lowest BCUT2D eigenvalue weighted by molar-refractivity contribution is -0.120. The van der Waals surface area contributed by atoms with Crippen molar-refractivity contribution in [2.24, 2.45) is 5.92 Å². The molecule has 1 aromatic carbocycles. The summed E-state index contributed by atoms with van der Waals surface area (Å²) in [7, 11) is 1.63. The largest absolute Gasteiger partial charge is 0.497 e. The molecule has 0 aliphatic heterocycles. The van der Waals surface area contributed by atoms with Crippen LogP contribution in [0, 0.1) is 5.92 Å². The van der Waals surface area contributed by atoms with Crippen LogP contribution in [0.2, 0.25) is 0 Å². The Balaban J connectivity index is 2.37. The van der Waals surface area contributed by atoms with E-state index in [2.05, 4.69) is 12.2 Å². The fourth-order valence-electron chi connectivity index (χ4n) is 1.85. The molecule has 0 heterocycles. The molecular formula is C15H22ClNO2. The Bertz CT molecular complexity index is 378. The number of halogens is 1. The van der Waals surface area contributed by atoms with E-state index in [1.165, 1.54) is 0 Å². The van der Waals surface area contributed by atoms with Crippen molar-refractivity contribution in [1.82, 2.24) is 5.32 Å². The first kappa shape index (κ1) is 15.8. The number of amides is 1. The van der Waals surface area contributed by atoms with Crippen molar-refractivity contribution in [3.63, 3.8) is 0 Å². The number of benzene rings is 1. The van der Waals surface area contributed by atoms with Crippen LogP contribution in [0.1, 0.15) is 25.3 Å². The van der Waals surface area contributed by atoms with E-state index in [1.807, 2.05) is 24.3 Å². The molecule has 1 rings (SSSR count).